The Bertz CT molecular complexity index is 669. The number of benzene rings is 2. The Balaban J connectivity index is 1.97. The van der Waals surface area contributed by atoms with E-state index in [-0.39, 0.29) is 12.3 Å². The Morgan fingerprint density at radius 3 is 2.12 bits per heavy atom. The van der Waals surface area contributed by atoms with E-state index in [1.165, 1.54) is 12.1 Å². The first-order valence-corrected chi connectivity index (χ1v) is 8.08. The van der Waals surface area contributed by atoms with E-state index in [9.17, 15) is 18.0 Å². The van der Waals surface area contributed by atoms with Crippen molar-refractivity contribution >= 4 is 5.91 Å². The van der Waals surface area contributed by atoms with Crippen molar-refractivity contribution in [3.05, 3.63) is 71.3 Å². The minimum atomic E-state index is -4.37. The minimum absolute atomic E-state index is 0.0624. The third-order valence-electron chi connectivity index (χ3n) is 3.90. The zero-order valence-corrected chi connectivity index (χ0v) is 13.8. The van der Waals surface area contributed by atoms with E-state index in [2.05, 4.69) is 0 Å². The monoisotopic (exact) mass is 350 g/mol. The third kappa shape index (κ3) is 5.90. The molecule has 25 heavy (non-hydrogen) atoms. The Hall–Kier alpha value is -2.34. The summed E-state index contributed by atoms with van der Waals surface area (Å²) in [4.78, 5) is 14.1. The van der Waals surface area contributed by atoms with Crippen molar-refractivity contribution in [3.8, 4) is 0 Å². The van der Waals surface area contributed by atoms with E-state index < -0.39 is 11.7 Å². The fraction of sp³-hybridized carbons (Fsp3) is 0.316. The van der Waals surface area contributed by atoms with Gasteiger partial charge in [-0.2, -0.15) is 13.2 Å². The highest BCUT2D eigenvalue weighted by Gasteiger charge is 2.30. The van der Waals surface area contributed by atoms with Crippen LogP contribution in [0.3, 0.4) is 0 Å². The van der Waals surface area contributed by atoms with Gasteiger partial charge in [-0.05, 0) is 29.7 Å². The second kappa shape index (κ2) is 8.67. The normalized spacial score (nSPS) is 11.4. The molecule has 0 saturated carbocycles. The molecule has 0 radical (unpaired) electrons. The zero-order valence-electron chi connectivity index (χ0n) is 13.8. The molecule has 2 N–H and O–H groups in total. The largest absolute Gasteiger partial charge is 0.416 e. The summed E-state index contributed by atoms with van der Waals surface area (Å²) in [6.07, 6.45) is -3.60. The summed E-state index contributed by atoms with van der Waals surface area (Å²) >= 11 is 0. The van der Waals surface area contributed by atoms with Gasteiger partial charge in [-0.15, -0.1) is 0 Å². The Kier molecular flexibility index (Phi) is 6.58. The van der Waals surface area contributed by atoms with Crippen LogP contribution >= 0.6 is 0 Å². The van der Waals surface area contributed by atoms with Crippen LogP contribution < -0.4 is 5.73 Å². The van der Waals surface area contributed by atoms with E-state index in [1.54, 1.807) is 4.90 Å². The predicted octanol–water partition coefficient (Wildman–Crippen LogP) is 3.28. The first-order valence-electron chi connectivity index (χ1n) is 8.08. The van der Waals surface area contributed by atoms with Crippen molar-refractivity contribution in [2.24, 2.45) is 5.73 Å². The molecule has 0 spiro atoms. The van der Waals surface area contributed by atoms with Crippen LogP contribution in [0.15, 0.2) is 54.6 Å². The van der Waals surface area contributed by atoms with Crippen molar-refractivity contribution in [2.45, 2.75) is 19.0 Å². The van der Waals surface area contributed by atoms with Crippen LogP contribution in [0.4, 0.5) is 13.2 Å². The maximum absolute atomic E-state index is 12.6. The molecular weight excluding hydrogens is 329 g/mol. The van der Waals surface area contributed by atoms with Gasteiger partial charge in [-0.1, -0.05) is 42.5 Å². The zero-order chi connectivity index (χ0) is 18.3. The molecule has 3 nitrogen and oxygen atoms in total. The lowest BCUT2D eigenvalue weighted by Gasteiger charge is -2.22. The number of nitrogens with two attached hydrogens (primary N) is 1. The van der Waals surface area contributed by atoms with Gasteiger partial charge in [-0.25, -0.2) is 0 Å². The highest BCUT2D eigenvalue weighted by atomic mass is 19.4. The summed E-state index contributed by atoms with van der Waals surface area (Å²) in [7, 11) is 0. The fourth-order valence-electron chi connectivity index (χ4n) is 2.52. The molecule has 0 aliphatic heterocycles. The second-order valence-corrected chi connectivity index (χ2v) is 5.78. The van der Waals surface area contributed by atoms with Crippen molar-refractivity contribution in [2.75, 3.05) is 19.6 Å². The molecule has 134 valence electrons. The van der Waals surface area contributed by atoms with Crippen molar-refractivity contribution < 1.29 is 18.0 Å². The molecule has 0 atom stereocenters. The van der Waals surface area contributed by atoms with Crippen molar-refractivity contribution in [1.82, 2.24) is 4.90 Å². The highest BCUT2D eigenvalue weighted by molar-refractivity contribution is 5.78. The predicted molar refractivity (Wildman–Crippen MR) is 90.9 cm³/mol. The summed E-state index contributed by atoms with van der Waals surface area (Å²) in [5.41, 5.74) is 6.54. The van der Waals surface area contributed by atoms with Crippen molar-refractivity contribution in [3.63, 3.8) is 0 Å². The summed E-state index contributed by atoms with van der Waals surface area (Å²) in [6, 6.07) is 14.5. The fourth-order valence-corrected chi connectivity index (χ4v) is 2.52. The van der Waals surface area contributed by atoms with Gasteiger partial charge in [0.15, 0.2) is 0 Å². The first-order chi connectivity index (χ1) is 11.9. The molecule has 2 aromatic rings. The van der Waals surface area contributed by atoms with Gasteiger partial charge in [0.1, 0.15) is 0 Å². The van der Waals surface area contributed by atoms with Gasteiger partial charge in [0.2, 0.25) is 5.91 Å². The minimum Gasteiger partial charge on any atom is -0.341 e. The van der Waals surface area contributed by atoms with Gasteiger partial charge in [0.05, 0.1) is 12.0 Å². The van der Waals surface area contributed by atoms with E-state index in [1.807, 2.05) is 30.3 Å². The maximum Gasteiger partial charge on any atom is 0.416 e. The van der Waals surface area contributed by atoms with Crippen LogP contribution in [0.1, 0.15) is 16.7 Å². The molecule has 0 aliphatic rings. The molecule has 0 unspecified atom stereocenters. The quantitative estimate of drug-likeness (QED) is 0.833. The molecule has 0 aliphatic carbocycles. The molecule has 1 amide bonds. The van der Waals surface area contributed by atoms with E-state index in [0.29, 0.717) is 31.6 Å². The number of halogens is 3. The summed E-state index contributed by atoms with van der Waals surface area (Å²) in [5.74, 6) is -0.138. The molecule has 0 fully saturated rings. The number of carbonyl (C=O) groups excluding carboxylic acids is 1. The topological polar surface area (TPSA) is 46.3 Å². The van der Waals surface area contributed by atoms with Gasteiger partial charge in [0.25, 0.3) is 0 Å². The molecule has 0 aromatic heterocycles. The van der Waals surface area contributed by atoms with Gasteiger partial charge in [-0.3, -0.25) is 4.79 Å². The molecule has 2 aromatic carbocycles. The number of rotatable bonds is 7. The second-order valence-electron chi connectivity index (χ2n) is 5.78. The van der Waals surface area contributed by atoms with Gasteiger partial charge < -0.3 is 10.6 Å². The standard InChI is InChI=1S/C19H21F3N2O/c20-19(21,22)17-8-6-16(7-9-17)14-18(25)24(13-11-23)12-10-15-4-2-1-3-5-15/h1-9H,10-14,23H2. The van der Waals surface area contributed by atoms with Crippen LogP contribution in [-0.2, 0) is 23.8 Å². The summed E-state index contributed by atoms with van der Waals surface area (Å²) < 4.78 is 37.7. The molecule has 0 saturated heterocycles. The average Bonchev–Trinajstić information content (AvgIpc) is 2.59. The lowest BCUT2D eigenvalue weighted by atomic mass is 10.1. The third-order valence-corrected chi connectivity index (χ3v) is 3.90. The first kappa shape index (κ1) is 19.0. The van der Waals surface area contributed by atoms with Crippen LogP contribution in [0.2, 0.25) is 0 Å². The van der Waals surface area contributed by atoms with E-state index in [0.717, 1.165) is 17.7 Å². The van der Waals surface area contributed by atoms with E-state index in [4.69, 9.17) is 5.73 Å². The lowest BCUT2D eigenvalue weighted by molar-refractivity contribution is -0.137. The Morgan fingerprint density at radius 2 is 1.56 bits per heavy atom. The van der Waals surface area contributed by atoms with Gasteiger partial charge >= 0.3 is 6.18 Å². The number of carbonyl (C=O) groups is 1. The molecule has 0 bridgehead atoms. The van der Waals surface area contributed by atoms with Gasteiger partial charge in [0, 0.05) is 19.6 Å². The summed E-state index contributed by atoms with van der Waals surface area (Å²) in [6.45, 7) is 1.29. The highest BCUT2D eigenvalue weighted by Crippen LogP contribution is 2.29. The lowest BCUT2D eigenvalue weighted by Crippen LogP contribution is -2.37. The SMILES string of the molecule is NCCN(CCc1ccccc1)C(=O)Cc1ccc(C(F)(F)F)cc1. The van der Waals surface area contributed by atoms with Crippen LogP contribution in [0.25, 0.3) is 0 Å². The number of nitrogens with zero attached hydrogens (tertiary/aromatic N) is 1. The van der Waals surface area contributed by atoms with Crippen LogP contribution in [0, 0.1) is 0 Å². The smallest absolute Gasteiger partial charge is 0.341 e. The Labute approximate surface area is 145 Å². The number of hydrogen-bond acceptors (Lipinski definition) is 2. The summed E-state index contributed by atoms with van der Waals surface area (Å²) in [5, 5.41) is 0. The number of alkyl halides is 3. The molecule has 0 heterocycles. The molecule has 6 heteroatoms. The van der Waals surface area contributed by atoms with Crippen LogP contribution in [0.5, 0.6) is 0 Å². The number of amides is 1. The number of hydrogen-bond donors (Lipinski definition) is 1. The molecule has 2 rings (SSSR count). The van der Waals surface area contributed by atoms with E-state index >= 15 is 0 Å². The molecular formula is C19H21F3N2O. The van der Waals surface area contributed by atoms with Crippen molar-refractivity contribution in [1.29, 1.82) is 0 Å². The average molecular weight is 350 g/mol. The Morgan fingerprint density at radius 1 is 0.920 bits per heavy atom. The maximum atomic E-state index is 12.6. The van der Waals surface area contributed by atoms with Crippen LogP contribution in [-0.4, -0.2) is 30.4 Å².